The summed E-state index contributed by atoms with van der Waals surface area (Å²) in [7, 11) is 1.30. The SMILES string of the molecule is COC(=O)c1cc(C)c2ncc(Cl)c(O)c2c1. The summed E-state index contributed by atoms with van der Waals surface area (Å²) in [5, 5.41) is 10.4. The largest absolute Gasteiger partial charge is 0.506 e. The van der Waals surface area contributed by atoms with E-state index < -0.39 is 5.97 Å². The molecule has 1 aromatic heterocycles. The number of aromatic hydroxyl groups is 1. The summed E-state index contributed by atoms with van der Waals surface area (Å²) in [6, 6.07) is 3.18. The van der Waals surface area contributed by atoms with Crippen LogP contribution in [0.25, 0.3) is 10.9 Å². The van der Waals surface area contributed by atoms with E-state index in [2.05, 4.69) is 9.72 Å². The van der Waals surface area contributed by atoms with E-state index in [1.165, 1.54) is 19.4 Å². The highest BCUT2D eigenvalue weighted by Gasteiger charge is 2.13. The maximum absolute atomic E-state index is 11.4. The lowest BCUT2D eigenvalue weighted by molar-refractivity contribution is 0.0601. The third-order valence-corrected chi connectivity index (χ3v) is 2.79. The van der Waals surface area contributed by atoms with E-state index in [0.717, 1.165) is 5.56 Å². The summed E-state index contributed by atoms with van der Waals surface area (Å²) in [6.07, 6.45) is 1.38. The summed E-state index contributed by atoms with van der Waals surface area (Å²) in [4.78, 5) is 15.6. The first-order valence-electron chi connectivity index (χ1n) is 4.90. The lowest BCUT2D eigenvalue weighted by Crippen LogP contribution is -2.02. The van der Waals surface area contributed by atoms with E-state index in [4.69, 9.17) is 11.6 Å². The Morgan fingerprint density at radius 3 is 2.82 bits per heavy atom. The maximum Gasteiger partial charge on any atom is 0.337 e. The fraction of sp³-hybridized carbons (Fsp3) is 0.167. The number of ether oxygens (including phenoxy) is 1. The molecule has 2 aromatic rings. The molecule has 2 rings (SSSR count). The zero-order valence-electron chi connectivity index (χ0n) is 9.32. The number of pyridine rings is 1. The van der Waals surface area contributed by atoms with Gasteiger partial charge in [-0.05, 0) is 24.6 Å². The number of aromatic nitrogens is 1. The number of aryl methyl sites for hydroxylation is 1. The van der Waals surface area contributed by atoms with Crippen molar-refractivity contribution < 1.29 is 14.6 Å². The Morgan fingerprint density at radius 2 is 2.18 bits per heavy atom. The summed E-state index contributed by atoms with van der Waals surface area (Å²) in [5.41, 5.74) is 1.74. The number of methoxy groups -OCH3 is 1. The van der Waals surface area contributed by atoms with Crippen molar-refractivity contribution in [2.45, 2.75) is 6.92 Å². The van der Waals surface area contributed by atoms with Crippen LogP contribution in [0, 0.1) is 6.92 Å². The lowest BCUT2D eigenvalue weighted by atomic mass is 10.1. The average molecular weight is 252 g/mol. The zero-order chi connectivity index (χ0) is 12.6. The minimum atomic E-state index is -0.464. The molecule has 0 bridgehead atoms. The Hall–Kier alpha value is -1.81. The van der Waals surface area contributed by atoms with Crippen LogP contribution in [-0.4, -0.2) is 23.2 Å². The van der Waals surface area contributed by atoms with Crippen LogP contribution in [0.2, 0.25) is 5.02 Å². The number of nitrogens with zero attached hydrogens (tertiary/aromatic N) is 1. The first-order valence-corrected chi connectivity index (χ1v) is 5.28. The Kier molecular flexibility index (Phi) is 2.90. The van der Waals surface area contributed by atoms with Gasteiger partial charge in [0.15, 0.2) is 0 Å². The molecule has 88 valence electrons. The molecule has 0 saturated heterocycles. The molecule has 4 nitrogen and oxygen atoms in total. The number of rotatable bonds is 1. The smallest absolute Gasteiger partial charge is 0.337 e. The molecule has 0 spiro atoms. The van der Waals surface area contributed by atoms with E-state index in [1.54, 1.807) is 13.0 Å². The molecule has 0 aliphatic rings. The number of benzene rings is 1. The van der Waals surface area contributed by atoms with Gasteiger partial charge in [0.25, 0.3) is 0 Å². The molecule has 1 aromatic carbocycles. The molecule has 0 saturated carbocycles. The van der Waals surface area contributed by atoms with Crippen molar-refractivity contribution in [2.75, 3.05) is 7.11 Å². The molecule has 0 amide bonds. The van der Waals surface area contributed by atoms with Gasteiger partial charge in [0.2, 0.25) is 0 Å². The fourth-order valence-electron chi connectivity index (χ4n) is 1.68. The van der Waals surface area contributed by atoms with Gasteiger partial charge in [0.05, 0.1) is 18.2 Å². The second-order valence-corrected chi connectivity index (χ2v) is 4.04. The van der Waals surface area contributed by atoms with Crippen molar-refractivity contribution in [3.63, 3.8) is 0 Å². The van der Waals surface area contributed by atoms with Gasteiger partial charge in [-0.3, -0.25) is 4.98 Å². The van der Waals surface area contributed by atoms with Crippen LogP contribution in [0.4, 0.5) is 0 Å². The summed E-state index contributed by atoms with van der Waals surface area (Å²) >= 11 is 5.78. The van der Waals surface area contributed by atoms with Crippen molar-refractivity contribution >= 4 is 28.5 Å². The molecule has 5 heteroatoms. The number of esters is 1. The van der Waals surface area contributed by atoms with Crippen LogP contribution in [0.15, 0.2) is 18.3 Å². The first-order chi connectivity index (χ1) is 8.04. The lowest BCUT2D eigenvalue weighted by Gasteiger charge is -2.07. The Bertz CT molecular complexity index is 610. The van der Waals surface area contributed by atoms with Crippen LogP contribution in [-0.2, 0) is 4.74 Å². The van der Waals surface area contributed by atoms with Gasteiger partial charge in [-0.25, -0.2) is 4.79 Å². The average Bonchev–Trinajstić information content (AvgIpc) is 2.33. The first kappa shape index (κ1) is 11.7. The monoisotopic (exact) mass is 251 g/mol. The van der Waals surface area contributed by atoms with Crippen LogP contribution in [0.3, 0.4) is 0 Å². The van der Waals surface area contributed by atoms with E-state index in [1.807, 2.05) is 0 Å². The number of halogens is 1. The highest BCUT2D eigenvalue weighted by atomic mass is 35.5. The molecule has 0 aliphatic carbocycles. The molecule has 0 radical (unpaired) electrons. The van der Waals surface area contributed by atoms with Crippen molar-refractivity contribution in [1.29, 1.82) is 0 Å². The second-order valence-electron chi connectivity index (χ2n) is 3.64. The Balaban J connectivity index is 2.79. The number of fused-ring (bicyclic) bond motifs is 1. The van der Waals surface area contributed by atoms with Gasteiger partial charge in [0.1, 0.15) is 10.8 Å². The highest BCUT2D eigenvalue weighted by Crippen LogP contribution is 2.32. The molecule has 1 heterocycles. The van der Waals surface area contributed by atoms with Crippen LogP contribution in [0.5, 0.6) is 5.75 Å². The van der Waals surface area contributed by atoms with E-state index in [-0.39, 0.29) is 10.8 Å². The standard InChI is InChI=1S/C12H10ClNO3/c1-6-3-7(12(16)17-2)4-8-10(6)14-5-9(13)11(8)15/h3-5H,1-2H3,(H,14,15). The minimum Gasteiger partial charge on any atom is -0.506 e. The van der Waals surface area contributed by atoms with Gasteiger partial charge in [0, 0.05) is 11.6 Å². The van der Waals surface area contributed by atoms with Crippen molar-refractivity contribution in [2.24, 2.45) is 0 Å². The van der Waals surface area contributed by atoms with Crippen molar-refractivity contribution in [3.05, 3.63) is 34.5 Å². The number of carbonyl (C=O) groups is 1. The van der Waals surface area contributed by atoms with E-state index in [9.17, 15) is 9.90 Å². The number of carbonyl (C=O) groups excluding carboxylic acids is 1. The van der Waals surface area contributed by atoms with Crippen molar-refractivity contribution in [3.8, 4) is 5.75 Å². The normalized spacial score (nSPS) is 10.5. The molecular formula is C12H10ClNO3. The molecular weight excluding hydrogens is 242 g/mol. The van der Waals surface area contributed by atoms with E-state index >= 15 is 0 Å². The summed E-state index contributed by atoms with van der Waals surface area (Å²) in [5.74, 6) is -0.542. The number of hydrogen-bond acceptors (Lipinski definition) is 4. The molecule has 1 N–H and O–H groups in total. The third-order valence-electron chi connectivity index (χ3n) is 2.51. The predicted octanol–water partition coefficient (Wildman–Crippen LogP) is 2.69. The van der Waals surface area contributed by atoms with Crippen molar-refractivity contribution in [1.82, 2.24) is 4.98 Å². The van der Waals surface area contributed by atoms with Gasteiger partial charge in [-0.15, -0.1) is 0 Å². The molecule has 17 heavy (non-hydrogen) atoms. The van der Waals surface area contributed by atoms with Crippen LogP contribution < -0.4 is 0 Å². The summed E-state index contributed by atoms with van der Waals surface area (Å²) < 4.78 is 4.64. The van der Waals surface area contributed by atoms with Gasteiger partial charge in [-0.1, -0.05) is 11.6 Å². The van der Waals surface area contributed by atoms with Gasteiger partial charge in [-0.2, -0.15) is 0 Å². The molecule has 0 atom stereocenters. The minimum absolute atomic E-state index is 0.0782. The number of hydrogen-bond donors (Lipinski definition) is 1. The van der Waals surface area contributed by atoms with Crippen LogP contribution in [0.1, 0.15) is 15.9 Å². The van der Waals surface area contributed by atoms with Gasteiger partial charge >= 0.3 is 5.97 Å². The molecule has 0 fully saturated rings. The Labute approximate surface area is 103 Å². The second kappa shape index (κ2) is 4.22. The maximum atomic E-state index is 11.4. The van der Waals surface area contributed by atoms with Gasteiger partial charge < -0.3 is 9.84 Å². The zero-order valence-corrected chi connectivity index (χ0v) is 10.1. The predicted molar refractivity (Wildman–Crippen MR) is 64.5 cm³/mol. The van der Waals surface area contributed by atoms with E-state index in [0.29, 0.717) is 16.5 Å². The Morgan fingerprint density at radius 1 is 1.47 bits per heavy atom. The highest BCUT2D eigenvalue weighted by molar-refractivity contribution is 6.33. The summed E-state index contributed by atoms with van der Waals surface area (Å²) in [6.45, 7) is 1.80. The topological polar surface area (TPSA) is 59.4 Å². The third kappa shape index (κ3) is 1.91. The van der Waals surface area contributed by atoms with Crippen LogP contribution >= 0.6 is 11.6 Å². The molecule has 0 unspecified atom stereocenters. The quantitative estimate of drug-likeness (QED) is 0.792. The fourth-order valence-corrected chi connectivity index (χ4v) is 1.83. The molecule has 0 aliphatic heterocycles.